The molecule has 1 aliphatic heterocycles. The number of amides is 1. The first-order chi connectivity index (χ1) is 10.1. The lowest BCUT2D eigenvalue weighted by Crippen LogP contribution is -2.45. The number of hydrogen-bond acceptors (Lipinski definition) is 5. The van der Waals surface area contributed by atoms with Crippen LogP contribution < -0.4 is 4.74 Å². The Bertz CT molecular complexity index is 513. The summed E-state index contributed by atoms with van der Waals surface area (Å²) in [5.41, 5.74) is 0.746. The number of carbonyl (C=O) groups excluding carboxylic acids is 2. The van der Waals surface area contributed by atoms with Gasteiger partial charge in [-0.15, -0.1) is 0 Å². The van der Waals surface area contributed by atoms with Crippen molar-refractivity contribution in [2.24, 2.45) is 5.92 Å². The highest BCUT2D eigenvalue weighted by molar-refractivity contribution is 5.77. The second kappa shape index (κ2) is 6.47. The van der Waals surface area contributed by atoms with E-state index in [0.717, 1.165) is 5.56 Å². The van der Waals surface area contributed by atoms with Crippen LogP contribution in [0.4, 0.5) is 4.79 Å². The Labute approximate surface area is 123 Å². The van der Waals surface area contributed by atoms with Gasteiger partial charge in [-0.05, 0) is 24.6 Å². The van der Waals surface area contributed by atoms with Crippen molar-refractivity contribution >= 4 is 12.1 Å². The maximum absolute atomic E-state index is 12.1. The van der Waals surface area contributed by atoms with Gasteiger partial charge in [0.15, 0.2) is 0 Å². The second-order valence-electron chi connectivity index (χ2n) is 4.82. The molecule has 0 bridgehead atoms. The minimum atomic E-state index is -0.640. The van der Waals surface area contributed by atoms with Gasteiger partial charge in [-0.25, -0.2) is 4.79 Å². The molecule has 0 unspecified atom stereocenters. The van der Waals surface area contributed by atoms with E-state index in [2.05, 4.69) is 0 Å². The van der Waals surface area contributed by atoms with Crippen LogP contribution in [-0.4, -0.2) is 44.3 Å². The molecule has 1 fully saturated rings. The van der Waals surface area contributed by atoms with E-state index in [9.17, 15) is 9.59 Å². The highest BCUT2D eigenvalue weighted by atomic mass is 16.6. The predicted molar refractivity (Wildman–Crippen MR) is 75.0 cm³/mol. The monoisotopic (exact) mass is 293 g/mol. The lowest BCUT2D eigenvalue weighted by molar-refractivity contribution is -0.155. The molecule has 0 radical (unpaired) electrons. The minimum absolute atomic E-state index is 0.272. The van der Waals surface area contributed by atoms with Gasteiger partial charge in [-0.2, -0.15) is 0 Å². The number of nitrogens with zero attached hydrogens (tertiary/aromatic N) is 1. The smallest absolute Gasteiger partial charge is 0.410 e. The van der Waals surface area contributed by atoms with Gasteiger partial charge in [0.05, 0.1) is 13.7 Å². The fourth-order valence-corrected chi connectivity index (χ4v) is 2.29. The molecule has 1 amide bonds. The number of carbonyl (C=O) groups is 2. The molecular formula is C15H19NO5. The highest BCUT2D eigenvalue weighted by Gasteiger charge is 2.40. The van der Waals surface area contributed by atoms with Crippen LogP contribution in [0.15, 0.2) is 24.3 Å². The third kappa shape index (κ3) is 3.26. The Kier molecular flexibility index (Phi) is 4.67. The topological polar surface area (TPSA) is 65.1 Å². The van der Waals surface area contributed by atoms with Crippen molar-refractivity contribution in [2.75, 3.05) is 27.3 Å². The molecule has 114 valence electrons. The van der Waals surface area contributed by atoms with Gasteiger partial charge in [0.1, 0.15) is 17.8 Å². The van der Waals surface area contributed by atoms with Crippen LogP contribution in [0.2, 0.25) is 0 Å². The molecule has 2 atom stereocenters. The Hall–Kier alpha value is -2.24. The van der Waals surface area contributed by atoms with Crippen LogP contribution in [0.5, 0.6) is 5.75 Å². The number of esters is 1. The van der Waals surface area contributed by atoms with Crippen molar-refractivity contribution in [1.82, 2.24) is 4.90 Å². The first-order valence-corrected chi connectivity index (χ1v) is 6.79. The number of methoxy groups -OCH3 is 1. The molecule has 21 heavy (non-hydrogen) atoms. The summed E-state index contributed by atoms with van der Waals surface area (Å²) in [6, 6.07) is 7.11. The van der Waals surface area contributed by atoms with Crippen molar-refractivity contribution in [3.8, 4) is 5.75 Å². The predicted octanol–water partition coefficient (Wildman–Crippen LogP) is 2.00. The largest absolute Gasteiger partial charge is 0.497 e. The maximum atomic E-state index is 12.1. The number of benzene rings is 1. The van der Waals surface area contributed by atoms with E-state index >= 15 is 0 Å². The van der Waals surface area contributed by atoms with Crippen LogP contribution in [0.25, 0.3) is 0 Å². The summed E-state index contributed by atoms with van der Waals surface area (Å²) >= 11 is 0. The van der Waals surface area contributed by atoms with Crippen molar-refractivity contribution in [1.29, 1.82) is 0 Å². The van der Waals surface area contributed by atoms with E-state index in [1.165, 1.54) is 4.90 Å². The maximum Gasteiger partial charge on any atom is 0.410 e. The first-order valence-electron chi connectivity index (χ1n) is 6.79. The van der Waals surface area contributed by atoms with Crippen LogP contribution >= 0.6 is 0 Å². The van der Waals surface area contributed by atoms with E-state index in [1.54, 1.807) is 45.3 Å². The standard InChI is InChI=1S/C15H19NO5/c1-4-20-14(17)12-9-16(2)15(18)21-13(12)10-5-7-11(19-3)8-6-10/h5-8,12-13H,4,9H2,1-3H3/t12-,13+/m0/s1. The van der Waals surface area contributed by atoms with Gasteiger partial charge < -0.3 is 19.1 Å². The van der Waals surface area contributed by atoms with Gasteiger partial charge in [0.25, 0.3) is 0 Å². The number of cyclic esters (lactones) is 1. The van der Waals surface area contributed by atoms with E-state index in [4.69, 9.17) is 14.2 Å². The summed E-state index contributed by atoms with van der Waals surface area (Å²) in [7, 11) is 3.17. The molecule has 2 rings (SSSR count). The van der Waals surface area contributed by atoms with Gasteiger partial charge in [-0.1, -0.05) is 12.1 Å². The third-order valence-corrected chi connectivity index (χ3v) is 3.41. The van der Waals surface area contributed by atoms with Gasteiger partial charge >= 0.3 is 12.1 Å². The average Bonchev–Trinajstić information content (AvgIpc) is 2.50. The van der Waals surface area contributed by atoms with Crippen LogP contribution in [0.3, 0.4) is 0 Å². The molecule has 0 spiro atoms. The average molecular weight is 293 g/mol. The molecule has 1 saturated heterocycles. The van der Waals surface area contributed by atoms with Crippen molar-refractivity contribution in [3.63, 3.8) is 0 Å². The number of rotatable bonds is 4. The van der Waals surface area contributed by atoms with Crippen molar-refractivity contribution in [3.05, 3.63) is 29.8 Å². The Morgan fingerprint density at radius 1 is 1.38 bits per heavy atom. The zero-order chi connectivity index (χ0) is 15.4. The van der Waals surface area contributed by atoms with E-state index in [-0.39, 0.29) is 12.5 Å². The van der Waals surface area contributed by atoms with Gasteiger partial charge in [0, 0.05) is 13.6 Å². The molecule has 0 aromatic heterocycles. The highest BCUT2D eigenvalue weighted by Crippen LogP contribution is 2.33. The van der Waals surface area contributed by atoms with E-state index in [0.29, 0.717) is 12.4 Å². The summed E-state index contributed by atoms with van der Waals surface area (Å²) in [6.45, 7) is 2.32. The molecule has 1 aliphatic rings. The fourth-order valence-electron chi connectivity index (χ4n) is 2.29. The Balaban J connectivity index is 2.26. The molecule has 1 aromatic rings. The summed E-state index contributed by atoms with van der Waals surface area (Å²) in [6.07, 6.45) is -1.09. The van der Waals surface area contributed by atoms with Gasteiger partial charge in [0.2, 0.25) is 0 Å². The normalized spacial score (nSPS) is 21.7. The molecule has 0 aliphatic carbocycles. The van der Waals surface area contributed by atoms with Crippen molar-refractivity contribution in [2.45, 2.75) is 13.0 Å². The Morgan fingerprint density at radius 3 is 2.62 bits per heavy atom. The second-order valence-corrected chi connectivity index (χ2v) is 4.82. The van der Waals surface area contributed by atoms with E-state index in [1.807, 2.05) is 0 Å². The zero-order valence-corrected chi connectivity index (χ0v) is 12.4. The summed E-state index contributed by atoms with van der Waals surface area (Å²) < 4.78 is 15.6. The minimum Gasteiger partial charge on any atom is -0.497 e. The quantitative estimate of drug-likeness (QED) is 0.794. The molecule has 0 N–H and O–H groups in total. The Morgan fingerprint density at radius 2 is 2.05 bits per heavy atom. The zero-order valence-electron chi connectivity index (χ0n) is 12.4. The fraction of sp³-hybridized carbons (Fsp3) is 0.467. The molecular weight excluding hydrogens is 274 g/mol. The molecule has 6 heteroatoms. The summed E-state index contributed by atoms with van der Waals surface area (Å²) in [4.78, 5) is 25.2. The van der Waals surface area contributed by atoms with E-state index < -0.39 is 18.1 Å². The van der Waals surface area contributed by atoms with Gasteiger partial charge in [-0.3, -0.25) is 4.79 Å². The molecule has 0 saturated carbocycles. The van der Waals surface area contributed by atoms with Crippen LogP contribution in [0, 0.1) is 5.92 Å². The first kappa shape index (κ1) is 15.2. The molecule has 1 heterocycles. The SMILES string of the molecule is CCOC(=O)[C@H]1CN(C)C(=O)O[C@@H]1c1ccc(OC)cc1. The summed E-state index contributed by atoms with van der Waals surface area (Å²) in [5, 5.41) is 0. The van der Waals surface area contributed by atoms with Crippen LogP contribution in [-0.2, 0) is 14.3 Å². The molecule has 6 nitrogen and oxygen atoms in total. The number of hydrogen-bond donors (Lipinski definition) is 0. The van der Waals surface area contributed by atoms with Crippen LogP contribution in [0.1, 0.15) is 18.6 Å². The molecule has 1 aromatic carbocycles. The number of ether oxygens (including phenoxy) is 3. The third-order valence-electron chi connectivity index (χ3n) is 3.41. The lowest BCUT2D eigenvalue weighted by Gasteiger charge is -2.35. The lowest BCUT2D eigenvalue weighted by atomic mass is 9.94. The summed E-state index contributed by atoms with van der Waals surface area (Å²) in [5.74, 6) is -0.204. The van der Waals surface area contributed by atoms with Crippen molar-refractivity contribution < 1.29 is 23.8 Å².